The molecule has 1 aliphatic rings. The average Bonchev–Trinajstić information content (AvgIpc) is 4.12. The summed E-state index contributed by atoms with van der Waals surface area (Å²) in [6.45, 7) is 13.7. The molecule has 0 spiro atoms. The van der Waals surface area contributed by atoms with Crippen LogP contribution in [0.5, 0.6) is 0 Å². The van der Waals surface area contributed by atoms with E-state index in [0.29, 0.717) is 0 Å². The second-order valence-electron chi connectivity index (χ2n) is 21.3. The molecular weight excluding hydrogens is 872 g/mol. The summed E-state index contributed by atoms with van der Waals surface area (Å²) < 4.78 is 14.1. The lowest BCUT2D eigenvalue weighted by Gasteiger charge is -2.24. The van der Waals surface area contributed by atoms with Crippen LogP contribution in [0.25, 0.3) is 109 Å². The molecule has 0 fully saturated rings. The van der Waals surface area contributed by atoms with E-state index in [-0.39, 0.29) is 10.8 Å². The predicted molar refractivity (Wildman–Crippen MR) is 300 cm³/mol. The van der Waals surface area contributed by atoms with E-state index in [0.717, 1.165) is 74.2 Å². The van der Waals surface area contributed by atoms with Crippen LogP contribution in [0.15, 0.2) is 180 Å². The zero-order chi connectivity index (χ0) is 47.2. The van der Waals surface area contributed by atoms with Crippen LogP contribution in [0.4, 0.5) is 11.4 Å². The number of fused-ring (bicyclic) bond motifs is 12. The van der Waals surface area contributed by atoms with Gasteiger partial charge in [-0.05, 0) is 106 Å². The molecule has 1 aliphatic heterocycles. The van der Waals surface area contributed by atoms with E-state index in [1.165, 1.54) is 75.3 Å². The highest BCUT2D eigenvalue weighted by Gasteiger charge is 2.30. The van der Waals surface area contributed by atoms with Gasteiger partial charge in [-0.1, -0.05) is 150 Å². The van der Waals surface area contributed by atoms with Crippen LogP contribution in [-0.2, 0) is 10.8 Å². The van der Waals surface area contributed by atoms with Crippen molar-refractivity contribution in [2.45, 2.75) is 52.4 Å². The highest BCUT2D eigenvalue weighted by Crippen LogP contribution is 2.45. The van der Waals surface area contributed by atoms with Crippen LogP contribution in [-0.4, -0.2) is 21.4 Å². The van der Waals surface area contributed by atoms with Crippen molar-refractivity contribution in [3.63, 3.8) is 0 Å². The number of thiophene rings is 1. The Morgan fingerprint density at radius 3 is 2.03 bits per heavy atom. The summed E-state index contributed by atoms with van der Waals surface area (Å²) in [6, 6.07) is 64.7. The summed E-state index contributed by atoms with van der Waals surface area (Å²) in [5.41, 5.74) is 19.5. The van der Waals surface area contributed by atoms with Gasteiger partial charge >= 0.3 is 0 Å². The van der Waals surface area contributed by atoms with Gasteiger partial charge in [0, 0.05) is 81.1 Å². The monoisotopic (exact) mass is 920 g/mol. The van der Waals surface area contributed by atoms with Gasteiger partial charge < -0.3 is 14.3 Å². The van der Waals surface area contributed by atoms with Crippen LogP contribution in [0.3, 0.4) is 0 Å². The lowest BCUT2D eigenvalue weighted by molar-refractivity contribution is 0.590. The number of imidazole rings is 1. The largest absolute Gasteiger partial charge is 0.456 e. The molecule has 5 nitrogen and oxygen atoms in total. The molecule has 70 heavy (non-hydrogen) atoms. The summed E-state index contributed by atoms with van der Waals surface area (Å²) in [5, 5.41) is 11.2. The van der Waals surface area contributed by atoms with Crippen LogP contribution in [0.1, 0.15) is 52.7 Å². The lowest BCUT2D eigenvalue weighted by atomic mass is 9.59. The molecule has 0 saturated heterocycles. The Labute approximate surface area is 410 Å². The number of hydrogen-bond acceptors (Lipinski definition) is 4. The van der Waals surface area contributed by atoms with E-state index in [4.69, 9.17) is 9.40 Å². The van der Waals surface area contributed by atoms with Crippen molar-refractivity contribution in [1.82, 2.24) is 14.1 Å². The number of benzene rings is 9. The minimum atomic E-state index is 0.0539. The van der Waals surface area contributed by atoms with Crippen molar-refractivity contribution in [1.29, 1.82) is 0 Å². The quantitative estimate of drug-likeness (QED) is 0.175. The Balaban J connectivity index is 1.06. The predicted octanol–water partition coefficient (Wildman–Crippen LogP) is 15.8. The number of anilines is 2. The van der Waals surface area contributed by atoms with Crippen molar-refractivity contribution in [3.8, 4) is 33.9 Å². The third kappa shape index (κ3) is 6.27. The van der Waals surface area contributed by atoms with Crippen molar-refractivity contribution in [2.24, 2.45) is 0 Å². The van der Waals surface area contributed by atoms with Crippen LogP contribution < -0.4 is 16.2 Å². The normalized spacial score (nSPS) is 12.8. The molecule has 0 atom stereocenters. The third-order valence-electron chi connectivity index (χ3n) is 14.8. The lowest BCUT2D eigenvalue weighted by Crippen LogP contribution is -2.37. The van der Waals surface area contributed by atoms with E-state index in [1.54, 1.807) is 0 Å². The van der Waals surface area contributed by atoms with Gasteiger partial charge in [-0.3, -0.25) is 4.57 Å². The first-order valence-electron chi connectivity index (χ1n) is 24.4. The van der Waals surface area contributed by atoms with Gasteiger partial charge in [-0.2, -0.15) is 0 Å². The van der Waals surface area contributed by atoms with E-state index < -0.39 is 0 Å². The Bertz CT molecular complexity index is 4290. The first-order valence-corrected chi connectivity index (χ1v) is 25.2. The molecule has 0 bridgehead atoms. The van der Waals surface area contributed by atoms with Gasteiger partial charge in [0.1, 0.15) is 17.0 Å². The molecule has 1 N–H and O–H groups in total. The highest BCUT2D eigenvalue weighted by atomic mass is 32.1. The number of hydrogen-bond donors (Lipinski definition) is 1. The fraction of sp³-hybridized carbons (Fsp3) is 0.127. The van der Waals surface area contributed by atoms with Crippen molar-refractivity contribution >= 4 is 116 Å². The number of furan rings is 1. The first kappa shape index (κ1) is 41.1. The molecule has 0 aliphatic carbocycles. The maximum absolute atomic E-state index is 6.59. The fourth-order valence-electron chi connectivity index (χ4n) is 11.2. The molecule has 0 saturated carbocycles. The number of nitrogens with zero attached hydrogens (tertiary/aromatic N) is 3. The molecule has 13 aromatic rings. The van der Waals surface area contributed by atoms with Crippen molar-refractivity contribution in [2.75, 3.05) is 5.32 Å². The summed E-state index contributed by atoms with van der Waals surface area (Å²) in [6.07, 6.45) is 0. The van der Waals surface area contributed by atoms with Gasteiger partial charge in [0.25, 0.3) is 0 Å². The van der Waals surface area contributed by atoms with Crippen molar-refractivity contribution in [3.05, 3.63) is 187 Å². The standard InChI is InChI=1S/C63H49BN4OS/c1-62(2,3)37-21-24-39(25-22-37)65-50-30-48-42-26-23-38(63(4,5)6)29-57(42)70-58(48)33-45(50)43-27-28-44-46-32-56-47(41-19-13-14-20-55(41)69-56)31-52(46)68-53-35-54-51(34-49(53)64-59(43)60(44)68)66-61(36-15-9-7-10-16-36)67(54)40-17-11-8-12-18-40/h7-35,64-65H,1-6H3. The van der Waals surface area contributed by atoms with E-state index >= 15 is 0 Å². The van der Waals surface area contributed by atoms with Gasteiger partial charge in [0.05, 0.1) is 16.6 Å². The van der Waals surface area contributed by atoms with Gasteiger partial charge in [-0.25, -0.2) is 4.98 Å². The van der Waals surface area contributed by atoms with Crippen LogP contribution in [0, 0.1) is 0 Å². The molecule has 7 heteroatoms. The molecule has 9 aromatic carbocycles. The Morgan fingerprint density at radius 1 is 0.529 bits per heavy atom. The second-order valence-corrected chi connectivity index (χ2v) is 22.4. The molecule has 14 rings (SSSR count). The second kappa shape index (κ2) is 14.8. The van der Waals surface area contributed by atoms with Gasteiger partial charge in [-0.15, -0.1) is 11.3 Å². The average molecular weight is 921 g/mol. The smallest absolute Gasteiger partial charge is 0.198 e. The molecule has 0 amide bonds. The third-order valence-corrected chi connectivity index (χ3v) is 16.0. The molecule has 0 radical (unpaired) electrons. The number of para-hydroxylation sites is 2. The molecule has 4 aromatic heterocycles. The number of rotatable bonds is 5. The summed E-state index contributed by atoms with van der Waals surface area (Å²) in [7, 11) is 0.741. The molecule has 336 valence electrons. The molecular formula is C63H49BN4OS. The maximum atomic E-state index is 6.59. The summed E-state index contributed by atoms with van der Waals surface area (Å²) in [4.78, 5) is 5.46. The SMILES string of the molecule is CC(C)(C)c1ccc(Nc2cc3c(cc2-c2ccc4c5cc6oc7ccccc7c6cc5n5c4c2Bc2cc4nc(-c6ccccc6)n(-c6ccccc6)c4cc2-5)sc2cc(C(C)(C)C)ccc23)cc1. The zero-order valence-corrected chi connectivity index (χ0v) is 40.9. The van der Waals surface area contributed by atoms with E-state index in [2.05, 4.69) is 232 Å². The first-order chi connectivity index (χ1) is 33.9. The van der Waals surface area contributed by atoms with Crippen molar-refractivity contribution < 1.29 is 4.42 Å². The van der Waals surface area contributed by atoms with Crippen LogP contribution >= 0.6 is 11.3 Å². The summed E-state index contributed by atoms with van der Waals surface area (Å²) in [5.74, 6) is 0.925. The van der Waals surface area contributed by atoms with Gasteiger partial charge in [0.2, 0.25) is 0 Å². The maximum Gasteiger partial charge on any atom is 0.198 e. The fourth-order valence-corrected chi connectivity index (χ4v) is 12.4. The minimum absolute atomic E-state index is 0.0539. The van der Waals surface area contributed by atoms with E-state index in [1.807, 2.05) is 11.3 Å². The van der Waals surface area contributed by atoms with E-state index in [9.17, 15) is 0 Å². The topological polar surface area (TPSA) is 47.9 Å². The Hall–Kier alpha value is -7.87. The molecule has 5 heterocycles. The Kier molecular flexibility index (Phi) is 8.71. The van der Waals surface area contributed by atoms with Gasteiger partial charge in [0.15, 0.2) is 7.28 Å². The zero-order valence-electron chi connectivity index (χ0n) is 40.1. The Morgan fingerprint density at radius 2 is 1.24 bits per heavy atom. The summed E-state index contributed by atoms with van der Waals surface area (Å²) >= 11 is 1.90. The number of aromatic nitrogens is 3. The number of nitrogens with one attached hydrogen (secondary N) is 1. The molecule has 0 unspecified atom stereocenters. The van der Waals surface area contributed by atoms with Crippen LogP contribution in [0.2, 0.25) is 0 Å². The highest BCUT2D eigenvalue weighted by molar-refractivity contribution is 7.25. The minimum Gasteiger partial charge on any atom is -0.456 e.